The lowest BCUT2D eigenvalue weighted by molar-refractivity contribution is -0.140. The summed E-state index contributed by atoms with van der Waals surface area (Å²) in [6.07, 6.45) is 2.49. The van der Waals surface area contributed by atoms with Crippen molar-refractivity contribution in [1.82, 2.24) is 10.3 Å². The van der Waals surface area contributed by atoms with Crippen molar-refractivity contribution < 1.29 is 13.9 Å². The number of nitrogens with one attached hydrogen (secondary N) is 2. The second-order valence-electron chi connectivity index (χ2n) is 7.51. The Morgan fingerprint density at radius 3 is 2.83 bits per heavy atom. The van der Waals surface area contributed by atoms with Gasteiger partial charge < -0.3 is 19.9 Å². The minimum Gasteiger partial charge on any atom is -0.469 e. The number of halogens is 1. The number of esters is 1. The highest BCUT2D eigenvalue weighted by atomic mass is 19.1. The molecule has 3 aromatic rings. The van der Waals surface area contributed by atoms with Gasteiger partial charge in [-0.1, -0.05) is 12.1 Å². The zero-order valence-electron chi connectivity index (χ0n) is 16.6. The van der Waals surface area contributed by atoms with Gasteiger partial charge in [0.1, 0.15) is 5.82 Å². The van der Waals surface area contributed by atoms with Gasteiger partial charge in [0.25, 0.3) is 0 Å². The molecule has 1 aliphatic heterocycles. The van der Waals surface area contributed by atoms with Gasteiger partial charge in [-0.25, -0.2) is 4.39 Å². The second-order valence-corrected chi connectivity index (χ2v) is 7.51. The summed E-state index contributed by atoms with van der Waals surface area (Å²) in [5.74, 6) is -0.397. The molecule has 0 spiro atoms. The van der Waals surface area contributed by atoms with Gasteiger partial charge in [-0.05, 0) is 54.8 Å². The topological polar surface area (TPSA) is 57.4 Å². The molecule has 0 unspecified atom stereocenters. The van der Waals surface area contributed by atoms with Crippen LogP contribution < -0.4 is 10.2 Å². The lowest BCUT2D eigenvalue weighted by Gasteiger charge is -2.34. The molecule has 152 valence electrons. The largest absolute Gasteiger partial charge is 0.469 e. The van der Waals surface area contributed by atoms with E-state index in [1.807, 2.05) is 6.07 Å². The van der Waals surface area contributed by atoms with Crippen molar-refractivity contribution in [2.75, 3.05) is 31.6 Å². The van der Waals surface area contributed by atoms with Crippen molar-refractivity contribution in [3.63, 3.8) is 0 Å². The smallest absolute Gasteiger partial charge is 0.306 e. The van der Waals surface area contributed by atoms with E-state index in [0.29, 0.717) is 19.0 Å². The lowest BCUT2D eigenvalue weighted by atomic mass is 10.0. The molecule has 5 nitrogen and oxygen atoms in total. The molecular formula is C23H26FN3O2. The minimum absolute atomic E-state index is 0.175. The first-order valence-electron chi connectivity index (χ1n) is 10.1. The fraction of sp³-hybridized carbons (Fsp3) is 0.348. The van der Waals surface area contributed by atoms with E-state index in [1.54, 1.807) is 12.1 Å². The molecule has 1 aromatic heterocycles. The fourth-order valence-electron chi connectivity index (χ4n) is 3.95. The average molecular weight is 395 g/mol. The Labute approximate surface area is 169 Å². The maximum Gasteiger partial charge on any atom is 0.306 e. The molecule has 1 aliphatic rings. The highest BCUT2D eigenvalue weighted by Gasteiger charge is 2.19. The molecule has 4 rings (SSSR count). The summed E-state index contributed by atoms with van der Waals surface area (Å²) in [7, 11) is 1.42. The third-order valence-corrected chi connectivity index (χ3v) is 5.59. The summed E-state index contributed by atoms with van der Waals surface area (Å²) in [5.41, 5.74) is 4.22. The highest BCUT2D eigenvalue weighted by Crippen LogP contribution is 2.29. The number of hydrogen-bond donors (Lipinski definition) is 2. The van der Waals surface area contributed by atoms with Crippen LogP contribution in [0.25, 0.3) is 22.2 Å². The molecule has 0 bridgehead atoms. The molecule has 0 aliphatic carbocycles. The highest BCUT2D eigenvalue weighted by molar-refractivity contribution is 5.86. The molecule has 1 saturated heterocycles. The van der Waals surface area contributed by atoms with Gasteiger partial charge in [0.2, 0.25) is 0 Å². The molecule has 0 saturated carbocycles. The first-order valence-corrected chi connectivity index (χ1v) is 10.1. The summed E-state index contributed by atoms with van der Waals surface area (Å²) in [4.78, 5) is 17.0. The van der Waals surface area contributed by atoms with Crippen LogP contribution in [0.3, 0.4) is 0 Å². The molecule has 2 N–H and O–H groups in total. The molecule has 0 atom stereocenters. The number of methoxy groups -OCH3 is 1. The monoisotopic (exact) mass is 395 g/mol. The first-order chi connectivity index (χ1) is 14.1. The van der Waals surface area contributed by atoms with Crippen molar-refractivity contribution in [3.8, 4) is 11.3 Å². The van der Waals surface area contributed by atoms with Crippen LogP contribution in [0.2, 0.25) is 0 Å². The summed E-state index contributed by atoms with van der Waals surface area (Å²) < 4.78 is 18.2. The van der Waals surface area contributed by atoms with Crippen molar-refractivity contribution in [1.29, 1.82) is 0 Å². The van der Waals surface area contributed by atoms with Crippen LogP contribution in [0.5, 0.6) is 0 Å². The minimum atomic E-state index is -0.222. The number of aromatic nitrogens is 1. The Kier molecular flexibility index (Phi) is 5.81. The number of carbonyl (C=O) groups excluding carboxylic acids is 1. The molecule has 0 radical (unpaired) electrons. The molecule has 2 aromatic carbocycles. The van der Waals surface area contributed by atoms with Crippen LogP contribution in [-0.2, 0) is 9.53 Å². The van der Waals surface area contributed by atoms with E-state index in [-0.39, 0.29) is 11.8 Å². The number of hydrogen-bond acceptors (Lipinski definition) is 4. The van der Waals surface area contributed by atoms with Gasteiger partial charge in [0, 0.05) is 48.0 Å². The van der Waals surface area contributed by atoms with E-state index in [9.17, 15) is 9.18 Å². The zero-order valence-corrected chi connectivity index (χ0v) is 16.6. The summed E-state index contributed by atoms with van der Waals surface area (Å²) in [5, 5.41) is 4.33. The third kappa shape index (κ3) is 4.59. The van der Waals surface area contributed by atoms with Crippen LogP contribution in [-0.4, -0.2) is 43.7 Å². The number of ether oxygens (including phenoxy) is 1. The summed E-state index contributed by atoms with van der Waals surface area (Å²) in [6.45, 7) is 2.60. The molecule has 1 fully saturated rings. The van der Waals surface area contributed by atoms with Gasteiger partial charge in [-0.2, -0.15) is 0 Å². The molecule has 2 heterocycles. The standard InChI is InChI=1S/C23H26FN3O2/c1-29-23(28)7-10-25-19-8-11-27(12-9-19)20-4-2-3-16(14-20)22-15-17-13-18(24)5-6-21(17)26-22/h2-6,13-15,19,25-26H,7-12H2,1H3. The summed E-state index contributed by atoms with van der Waals surface area (Å²) >= 11 is 0. The van der Waals surface area contributed by atoms with Crippen molar-refractivity contribution >= 4 is 22.6 Å². The number of H-pyrrole nitrogens is 1. The Morgan fingerprint density at radius 2 is 2.03 bits per heavy atom. The number of fused-ring (bicyclic) bond motifs is 1. The van der Waals surface area contributed by atoms with Crippen molar-refractivity contribution in [2.24, 2.45) is 0 Å². The number of rotatable bonds is 6. The summed E-state index contributed by atoms with van der Waals surface area (Å²) in [6, 6.07) is 15.7. The van der Waals surface area contributed by atoms with Crippen LogP contribution in [0.4, 0.5) is 10.1 Å². The SMILES string of the molecule is COC(=O)CCNC1CCN(c2cccc(-c3cc4cc(F)ccc4[nH]3)c2)CC1. The lowest BCUT2D eigenvalue weighted by Crippen LogP contribution is -2.43. The maximum absolute atomic E-state index is 13.5. The second kappa shape index (κ2) is 8.66. The molecular weight excluding hydrogens is 369 g/mol. The van der Waals surface area contributed by atoms with Gasteiger partial charge in [0.05, 0.1) is 13.5 Å². The predicted molar refractivity (Wildman–Crippen MR) is 114 cm³/mol. The van der Waals surface area contributed by atoms with Crippen LogP contribution in [0.1, 0.15) is 19.3 Å². The van der Waals surface area contributed by atoms with Crippen LogP contribution in [0.15, 0.2) is 48.5 Å². The van der Waals surface area contributed by atoms with Crippen molar-refractivity contribution in [3.05, 3.63) is 54.3 Å². The molecule has 6 heteroatoms. The zero-order chi connectivity index (χ0) is 20.2. The molecule has 29 heavy (non-hydrogen) atoms. The number of carbonyl (C=O) groups is 1. The number of anilines is 1. The molecule has 0 amide bonds. The van der Waals surface area contributed by atoms with Gasteiger partial charge >= 0.3 is 5.97 Å². The quantitative estimate of drug-likeness (QED) is 0.617. The predicted octanol–water partition coefficient (Wildman–Crippen LogP) is 4.10. The van der Waals surface area contributed by atoms with E-state index < -0.39 is 0 Å². The Morgan fingerprint density at radius 1 is 1.21 bits per heavy atom. The number of benzene rings is 2. The Balaban J connectivity index is 1.39. The fourth-order valence-corrected chi connectivity index (χ4v) is 3.95. The van der Waals surface area contributed by atoms with Gasteiger partial charge in [0.15, 0.2) is 0 Å². The van der Waals surface area contributed by atoms with E-state index in [0.717, 1.165) is 48.1 Å². The number of piperidine rings is 1. The maximum atomic E-state index is 13.5. The van der Waals surface area contributed by atoms with Crippen LogP contribution >= 0.6 is 0 Å². The van der Waals surface area contributed by atoms with E-state index in [4.69, 9.17) is 0 Å². The Bertz CT molecular complexity index is 993. The van der Waals surface area contributed by atoms with Crippen molar-refractivity contribution in [2.45, 2.75) is 25.3 Å². The number of aromatic amines is 1. The van der Waals surface area contributed by atoms with Crippen LogP contribution in [0, 0.1) is 5.82 Å². The number of nitrogens with zero attached hydrogens (tertiary/aromatic N) is 1. The van der Waals surface area contributed by atoms with E-state index in [1.165, 1.54) is 18.9 Å². The van der Waals surface area contributed by atoms with Gasteiger partial charge in [-0.3, -0.25) is 4.79 Å². The normalized spacial score (nSPS) is 15.0. The third-order valence-electron chi connectivity index (χ3n) is 5.59. The van der Waals surface area contributed by atoms with E-state index >= 15 is 0 Å². The first kappa shape index (κ1) is 19.5. The average Bonchev–Trinajstić information content (AvgIpc) is 3.17. The van der Waals surface area contributed by atoms with E-state index in [2.05, 4.69) is 44.2 Å². The van der Waals surface area contributed by atoms with Gasteiger partial charge in [-0.15, -0.1) is 0 Å². The Hall–Kier alpha value is -2.86.